The highest BCUT2D eigenvalue weighted by molar-refractivity contribution is 5.24. The molecule has 4 heteroatoms. The van der Waals surface area contributed by atoms with Crippen molar-refractivity contribution in [3.05, 3.63) is 23.4 Å². The molecule has 1 aromatic heterocycles. The molecule has 1 fully saturated rings. The van der Waals surface area contributed by atoms with Gasteiger partial charge in [-0.25, -0.2) is 4.98 Å². The van der Waals surface area contributed by atoms with Crippen LogP contribution in [0.3, 0.4) is 0 Å². The van der Waals surface area contributed by atoms with Crippen LogP contribution in [0.4, 0.5) is 0 Å². The lowest BCUT2D eigenvalue weighted by Crippen LogP contribution is -2.35. The molecule has 1 aromatic rings. The van der Waals surface area contributed by atoms with E-state index in [2.05, 4.69) is 37.1 Å². The maximum absolute atomic E-state index is 5.90. The Labute approximate surface area is 128 Å². The summed E-state index contributed by atoms with van der Waals surface area (Å²) in [5.74, 6) is 1.34. The van der Waals surface area contributed by atoms with Crippen LogP contribution in [0.25, 0.3) is 0 Å². The molecule has 1 N–H and O–H groups in total. The smallest absolute Gasteiger partial charge is 0.213 e. The molecule has 0 radical (unpaired) electrons. The van der Waals surface area contributed by atoms with Crippen molar-refractivity contribution >= 4 is 0 Å². The zero-order chi connectivity index (χ0) is 15.3. The summed E-state index contributed by atoms with van der Waals surface area (Å²) >= 11 is 0. The SMILES string of the molecule is Cc1cc(CNC(C)(C)C)cc(OCC2CCOCC2)n1. The van der Waals surface area contributed by atoms with E-state index in [1.807, 2.05) is 13.0 Å². The van der Waals surface area contributed by atoms with Gasteiger partial charge in [-0.3, -0.25) is 0 Å². The molecule has 0 amide bonds. The number of hydrogen-bond acceptors (Lipinski definition) is 4. The van der Waals surface area contributed by atoms with Crippen LogP contribution in [0.5, 0.6) is 5.88 Å². The van der Waals surface area contributed by atoms with Gasteiger partial charge in [-0.15, -0.1) is 0 Å². The van der Waals surface area contributed by atoms with Gasteiger partial charge in [0.05, 0.1) is 6.61 Å². The van der Waals surface area contributed by atoms with Gasteiger partial charge in [-0.2, -0.15) is 0 Å². The molecule has 118 valence electrons. The number of hydrogen-bond donors (Lipinski definition) is 1. The van der Waals surface area contributed by atoms with Gasteiger partial charge in [0, 0.05) is 37.1 Å². The van der Waals surface area contributed by atoms with E-state index in [1.54, 1.807) is 0 Å². The van der Waals surface area contributed by atoms with Gasteiger partial charge in [0.15, 0.2) is 0 Å². The second-order valence-corrected chi connectivity index (χ2v) is 6.93. The summed E-state index contributed by atoms with van der Waals surface area (Å²) in [6, 6.07) is 4.16. The first kappa shape index (κ1) is 16.2. The molecule has 0 aromatic carbocycles. The van der Waals surface area contributed by atoms with E-state index in [0.717, 1.165) is 50.8 Å². The van der Waals surface area contributed by atoms with Crippen LogP contribution in [0, 0.1) is 12.8 Å². The van der Waals surface area contributed by atoms with Crippen molar-refractivity contribution < 1.29 is 9.47 Å². The number of aromatic nitrogens is 1. The lowest BCUT2D eigenvalue weighted by molar-refractivity contribution is 0.0490. The van der Waals surface area contributed by atoms with Crippen molar-refractivity contribution in [3.8, 4) is 5.88 Å². The maximum Gasteiger partial charge on any atom is 0.213 e. The lowest BCUT2D eigenvalue weighted by atomic mass is 10.0. The molecular weight excluding hydrogens is 264 g/mol. The van der Waals surface area contributed by atoms with Crippen LogP contribution < -0.4 is 10.1 Å². The second-order valence-electron chi connectivity index (χ2n) is 6.93. The zero-order valence-corrected chi connectivity index (χ0v) is 13.7. The van der Waals surface area contributed by atoms with Crippen LogP contribution in [-0.4, -0.2) is 30.3 Å². The Morgan fingerprint density at radius 3 is 2.67 bits per heavy atom. The number of aryl methyl sites for hydroxylation is 1. The third kappa shape index (κ3) is 6.02. The quantitative estimate of drug-likeness (QED) is 0.905. The molecule has 21 heavy (non-hydrogen) atoms. The van der Waals surface area contributed by atoms with Gasteiger partial charge >= 0.3 is 0 Å². The third-order valence-corrected chi connectivity index (χ3v) is 3.62. The van der Waals surface area contributed by atoms with E-state index in [9.17, 15) is 0 Å². The van der Waals surface area contributed by atoms with Gasteiger partial charge in [0.1, 0.15) is 0 Å². The summed E-state index contributed by atoms with van der Waals surface area (Å²) in [5, 5.41) is 3.50. The molecule has 0 bridgehead atoms. The third-order valence-electron chi connectivity index (χ3n) is 3.62. The highest BCUT2D eigenvalue weighted by Gasteiger charge is 2.15. The zero-order valence-electron chi connectivity index (χ0n) is 13.7. The van der Waals surface area contributed by atoms with E-state index >= 15 is 0 Å². The Balaban J connectivity index is 1.91. The molecule has 4 nitrogen and oxygen atoms in total. The highest BCUT2D eigenvalue weighted by Crippen LogP contribution is 2.18. The van der Waals surface area contributed by atoms with Gasteiger partial charge in [0.25, 0.3) is 0 Å². The van der Waals surface area contributed by atoms with Crippen molar-refractivity contribution in [2.45, 2.75) is 52.6 Å². The average molecular weight is 292 g/mol. The average Bonchev–Trinajstić information content (AvgIpc) is 2.43. The lowest BCUT2D eigenvalue weighted by Gasteiger charge is -2.22. The highest BCUT2D eigenvalue weighted by atomic mass is 16.5. The molecule has 0 spiro atoms. The van der Waals surface area contributed by atoms with Gasteiger partial charge in [-0.1, -0.05) is 0 Å². The first-order valence-electron chi connectivity index (χ1n) is 7.85. The maximum atomic E-state index is 5.90. The van der Waals surface area contributed by atoms with Crippen LogP contribution in [0.1, 0.15) is 44.9 Å². The summed E-state index contributed by atoms with van der Waals surface area (Å²) in [7, 11) is 0. The summed E-state index contributed by atoms with van der Waals surface area (Å²) in [6.07, 6.45) is 2.18. The summed E-state index contributed by atoms with van der Waals surface area (Å²) in [5.41, 5.74) is 2.34. The van der Waals surface area contributed by atoms with Gasteiger partial charge in [-0.05, 0) is 58.1 Å². The predicted molar refractivity (Wildman–Crippen MR) is 84.6 cm³/mol. The Kier molecular flexibility index (Phi) is 5.59. The van der Waals surface area contributed by atoms with Crippen LogP contribution in [0.15, 0.2) is 12.1 Å². The minimum Gasteiger partial charge on any atom is -0.477 e. The normalized spacial score (nSPS) is 17.0. The fraction of sp³-hybridized carbons (Fsp3) is 0.706. The van der Waals surface area contributed by atoms with Crippen molar-refractivity contribution in [1.29, 1.82) is 0 Å². The van der Waals surface area contributed by atoms with E-state index in [4.69, 9.17) is 9.47 Å². The minimum absolute atomic E-state index is 0.111. The molecule has 1 aliphatic rings. The van der Waals surface area contributed by atoms with E-state index in [0.29, 0.717) is 5.92 Å². The van der Waals surface area contributed by atoms with Gasteiger partial charge in [0.2, 0.25) is 5.88 Å². The van der Waals surface area contributed by atoms with Crippen molar-refractivity contribution in [2.75, 3.05) is 19.8 Å². The van der Waals surface area contributed by atoms with E-state index in [1.165, 1.54) is 5.56 Å². The fourth-order valence-electron chi connectivity index (χ4n) is 2.37. The summed E-state index contributed by atoms with van der Waals surface area (Å²) in [4.78, 5) is 4.48. The molecule has 0 atom stereocenters. The van der Waals surface area contributed by atoms with Crippen LogP contribution in [-0.2, 0) is 11.3 Å². The second kappa shape index (κ2) is 7.23. The predicted octanol–water partition coefficient (Wildman–Crippen LogP) is 3.08. The number of pyridine rings is 1. The van der Waals surface area contributed by atoms with Crippen LogP contribution in [0.2, 0.25) is 0 Å². The summed E-state index contributed by atoms with van der Waals surface area (Å²) in [6.45, 7) is 11.8. The fourth-order valence-corrected chi connectivity index (χ4v) is 2.37. The number of nitrogens with one attached hydrogen (secondary N) is 1. The van der Waals surface area contributed by atoms with Crippen molar-refractivity contribution in [2.24, 2.45) is 5.92 Å². The number of rotatable bonds is 5. The molecule has 1 saturated heterocycles. The molecule has 2 rings (SSSR count). The summed E-state index contributed by atoms with van der Waals surface area (Å²) < 4.78 is 11.3. The molecular formula is C17H28N2O2. The molecule has 0 saturated carbocycles. The molecule has 1 aliphatic heterocycles. The topological polar surface area (TPSA) is 43.4 Å². The number of ether oxygens (including phenoxy) is 2. The molecule has 0 unspecified atom stereocenters. The largest absolute Gasteiger partial charge is 0.477 e. The minimum atomic E-state index is 0.111. The number of nitrogens with zero attached hydrogens (tertiary/aromatic N) is 1. The van der Waals surface area contributed by atoms with Crippen LogP contribution >= 0.6 is 0 Å². The standard InChI is InChI=1S/C17H28N2O2/c1-13-9-15(11-18-17(2,3)4)10-16(19-13)21-12-14-5-7-20-8-6-14/h9-10,14,18H,5-8,11-12H2,1-4H3. The Hall–Kier alpha value is -1.13. The van der Waals surface area contributed by atoms with E-state index in [-0.39, 0.29) is 5.54 Å². The Morgan fingerprint density at radius 1 is 1.29 bits per heavy atom. The molecule has 0 aliphatic carbocycles. The van der Waals surface area contributed by atoms with Gasteiger partial charge < -0.3 is 14.8 Å². The Morgan fingerprint density at radius 2 is 2.00 bits per heavy atom. The molecule has 2 heterocycles. The first-order chi connectivity index (χ1) is 9.92. The Bertz CT molecular complexity index is 449. The first-order valence-corrected chi connectivity index (χ1v) is 7.85. The van der Waals surface area contributed by atoms with E-state index < -0.39 is 0 Å². The monoisotopic (exact) mass is 292 g/mol. The van der Waals surface area contributed by atoms with Crippen molar-refractivity contribution in [1.82, 2.24) is 10.3 Å². The van der Waals surface area contributed by atoms with Crippen molar-refractivity contribution in [3.63, 3.8) is 0 Å².